The van der Waals surface area contributed by atoms with Gasteiger partial charge in [-0.2, -0.15) is 0 Å². The van der Waals surface area contributed by atoms with Crippen LogP contribution in [0.3, 0.4) is 0 Å². The lowest BCUT2D eigenvalue weighted by Gasteiger charge is -2.09. The topological polar surface area (TPSA) is 34.1 Å². The monoisotopic (exact) mass is 266 g/mol. The zero-order valence-corrected chi connectivity index (χ0v) is 11.8. The Hall–Kier alpha value is -2.22. The van der Waals surface area contributed by atoms with Crippen molar-refractivity contribution in [2.75, 3.05) is 0 Å². The molecule has 0 radical (unpaired) electrons. The van der Waals surface area contributed by atoms with E-state index in [0.717, 1.165) is 11.1 Å². The largest absolute Gasteiger partial charge is 0.300 e. The molecule has 0 bridgehead atoms. The second kappa shape index (κ2) is 6.29. The molecule has 0 aliphatic carbocycles. The van der Waals surface area contributed by atoms with E-state index in [2.05, 4.69) is 0 Å². The smallest absolute Gasteiger partial charge is 0.166 e. The maximum absolute atomic E-state index is 12.2. The Balaban J connectivity index is 2.16. The van der Waals surface area contributed by atoms with Gasteiger partial charge < -0.3 is 4.79 Å². The summed E-state index contributed by atoms with van der Waals surface area (Å²) in [4.78, 5) is 23.3. The second-order valence-corrected chi connectivity index (χ2v) is 5.11. The molecule has 0 aliphatic heterocycles. The number of rotatable bonds is 5. The van der Waals surface area contributed by atoms with Gasteiger partial charge in [-0.25, -0.2) is 0 Å². The van der Waals surface area contributed by atoms with Gasteiger partial charge in [0.05, 0.1) is 0 Å². The minimum absolute atomic E-state index is 0.0276. The molecule has 20 heavy (non-hydrogen) atoms. The van der Waals surface area contributed by atoms with Crippen molar-refractivity contribution in [1.29, 1.82) is 0 Å². The maximum atomic E-state index is 12.2. The first kappa shape index (κ1) is 14.2. The van der Waals surface area contributed by atoms with Crippen LogP contribution in [0.4, 0.5) is 0 Å². The molecule has 1 unspecified atom stereocenters. The highest BCUT2D eigenvalue weighted by molar-refractivity contribution is 5.99. The Bertz CT molecular complexity index is 597. The third-order valence-corrected chi connectivity index (χ3v) is 3.32. The molecule has 1 atom stereocenters. The summed E-state index contributed by atoms with van der Waals surface area (Å²) in [6.07, 6.45) is 0.305. The fourth-order valence-electron chi connectivity index (χ4n) is 2.27. The molecule has 2 aromatic rings. The lowest BCUT2D eigenvalue weighted by atomic mass is 9.93. The van der Waals surface area contributed by atoms with Crippen LogP contribution in [0.25, 0.3) is 11.1 Å². The van der Waals surface area contributed by atoms with Crippen molar-refractivity contribution >= 4 is 11.6 Å². The van der Waals surface area contributed by atoms with Gasteiger partial charge in [0.1, 0.15) is 5.78 Å². The molecular formula is C18H18O2. The van der Waals surface area contributed by atoms with Crippen molar-refractivity contribution in [1.82, 2.24) is 0 Å². The molecule has 0 spiro atoms. The van der Waals surface area contributed by atoms with E-state index in [0.29, 0.717) is 12.0 Å². The van der Waals surface area contributed by atoms with Gasteiger partial charge in [-0.05, 0) is 18.1 Å². The van der Waals surface area contributed by atoms with E-state index < -0.39 is 0 Å². The minimum Gasteiger partial charge on any atom is -0.300 e. The Labute approximate surface area is 119 Å². The van der Waals surface area contributed by atoms with Crippen molar-refractivity contribution in [3.8, 4) is 11.1 Å². The van der Waals surface area contributed by atoms with Crippen LogP contribution in [0, 0.1) is 5.92 Å². The zero-order valence-electron chi connectivity index (χ0n) is 11.8. The Kier molecular flexibility index (Phi) is 4.46. The summed E-state index contributed by atoms with van der Waals surface area (Å²) in [5, 5.41) is 0. The van der Waals surface area contributed by atoms with Crippen LogP contribution in [-0.2, 0) is 4.79 Å². The molecule has 0 saturated carbocycles. The second-order valence-electron chi connectivity index (χ2n) is 5.11. The number of hydrogen-bond donors (Lipinski definition) is 0. The predicted molar refractivity (Wildman–Crippen MR) is 80.7 cm³/mol. The molecule has 2 aromatic carbocycles. The highest BCUT2D eigenvalue weighted by Crippen LogP contribution is 2.21. The Morgan fingerprint density at radius 2 is 1.45 bits per heavy atom. The predicted octanol–water partition coefficient (Wildman–Crippen LogP) is 4.15. The lowest BCUT2D eigenvalue weighted by Crippen LogP contribution is -2.14. The molecule has 2 heteroatoms. The van der Waals surface area contributed by atoms with Crippen LogP contribution in [0.2, 0.25) is 0 Å². The number of carbonyl (C=O) groups is 2. The van der Waals surface area contributed by atoms with Gasteiger partial charge in [0.25, 0.3) is 0 Å². The number of benzene rings is 2. The molecule has 0 heterocycles. The van der Waals surface area contributed by atoms with Crippen LogP contribution >= 0.6 is 0 Å². The van der Waals surface area contributed by atoms with Crippen LogP contribution < -0.4 is 0 Å². The molecule has 0 fully saturated rings. The standard InChI is InChI=1S/C18H18O2/c1-13(12-14(2)19)18(20)17-10-8-16(9-11-17)15-6-4-3-5-7-15/h3-11,13H,12H2,1-2H3. The van der Waals surface area contributed by atoms with Crippen LogP contribution in [-0.4, -0.2) is 11.6 Å². The summed E-state index contributed by atoms with van der Waals surface area (Å²) < 4.78 is 0. The summed E-state index contributed by atoms with van der Waals surface area (Å²) in [5.41, 5.74) is 2.88. The number of hydrogen-bond acceptors (Lipinski definition) is 2. The fourth-order valence-corrected chi connectivity index (χ4v) is 2.27. The van der Waals surface area contributed by atoms with E-state index in [4.69, 9.17) is 0 Å². The maximum Gasteiger partial charge on any atom is 0.166 e. The highest BCUT2D eigenvalue weighted by Gasteiger charge is 2.16. The average Bonchev–Trinajstić information content (AvgIpc) is 2.47. The molecule has 2 nitrogen and oxygen atoms in total. The minimum atomic E-state index is -0.255. The van der Waals surface area contributed by atoms with E-state index in [1.807, 2.05) is 54.6 Å². The summed E-state index contributed by atoms with van der Waals surface area (Å²) in [5.74, 6) is -0.179. The average molecular weight is 266 g/mol. The van der Waals surface area contributed by atoms with Gasteiger partial charge in [0.15, 0.2) is 5.78 Å². The van der Waals surface area contributed by atoms with Crippen molar-refractivity contribution < 1.29 is 9.59 Å². The number of carbonyl (C=O) groups excluding carboxylic acids is 2. The zero-order chi connectivity index (χ0) is 14.5. The Morgan fingerprint density at radius 1 is 0.900 bits per heavy atom. The normalized spacial score (nSPS) is 11.9. The van der Waals surface area contributed by atoms with Crippen LogP contribution in [0.5, 0.6) is 0 Å². The molecule has 0 aliphatic rings. The summed E-state index contributed by atoms with van der Waals surface area (Å²) in [7, 11) is 0. The first-order chi connectivity index (χ1) is 9.58. The van der Waals surface area contributed by atoms with Crippen molar-refractivity contribution in [2.45, 2.75) is 20.3 Å². The molecule has 0 aromatic heterocycles. The van der Waals surface area contributed by atoms with Crippen molar-refractivity contribution in [3.05, 3.63) is 60.2 Å². The number of ketones is 2. The third-order valence-electron chi connectivity index (χ3n) is 3.32. The van der Waals surface area contributed by atoms with E-state index in [9.17, 15) is 9.59 Å². The first-order valence-corrected chi connectivity index (χ1v) is 6.77. The van der Waals surface area contributed by atoms with E-state index in [-0.39, 0.29) is 17.5 Å². The third kappa shape index (κ3) is 3.41. The quantitative estimate of drug-likeness (QED) is 0.762. The van der Waals surface area contributed by atoms with Crippen LogP contribution in [0.1, 0.15) is 30.6 Å². The van der Waals surface area contributed by atoms with Crippen molar-refractivity contribution in [2.24, 2.45) is 5.92 Å². The molecule has 2 rings (SSSR count). The summed E-state index contributed by atoms with van der Waals surface area (Å²) in [6, 6.07) is 17.6. The van der Waals surface area contributed by atoms with Crippen molar-refractivity contribution in [3.63, 3.8) is 0 Å². The van der Waals surface area contributed by atoms with Gasteiger partial charge >= 0.3 is 0 Å². The van der Waals surface area contributed by atoms with Gasteiger partial charge in [0.2, 0.25) is 0 Å². The van der Waals surface area contributed by atoms with Gasteiger partial charge in [0, 0.05) is 17.9 Å². The molecular weight excluding hydrogens is 248 g/mol. The van der Waals surface area contributed by atoms with Gasteiger partial charge in [-0.3, -0.25) is 4.79 Å². The molecule has 0 N–H and O–H groups in total. The van der Waals surface area contributed by atoms with E-state index in [1.54, 1.807) is 6.92 Å². The fraction of sp³-hybridized carbons (Fsp3) is 0.222. The highest BCUT2D eigenvalue weighted by atomic mass is 16.1. The number of Topliss-reactive ketones (excluding diaryl/α,β-unsaturated/α-hetero) is 2. The van der Waals surface area contributed by atoms with E-state index in [1.165, 1.54) is 6.92 Å². The molecule has 0 saturated heterocycles. The summed E-state index contributed by atoms with van der Waals surface area (Å²) >= 11 is 0. The van der Waals surface area contributed by atoms with Gasteiger partial charge in [-0.1, -0.05) is 61.5 Å². The lowest BCUT2D eigenvalue weighted by molar-refractivity contribution is -0.117. The first-order valence-electron chi connectivity index (χ1n) is 6.77. The summed E-state index contributed by atoms with van der Waals surface area (Å²) in [6.45, 7) is 3.32. The van der Waals surface area contributed by atoms with Gasteiger partial charge in [-0.15, -0.1) is 0 Å². The molecule has 0 amide bonds. The van der Waals surface area contributed by atoms with E-state index >= 15 is 0 Å². The van der Waals surface area contributed by atoms with Crippen LogP contribution in [0.15, 0.2) is 54.6 Å². The molecule has 102 valence electrons. The Morgan fingerprint density at radius 3 is 2.00 bits per heavy atom. The SMILES string of the molecule is CC(=O)CC(C)C(=O)c1ccc(-c2ccccc2)cc1.